The zero-order chi connectivity index (χ0) is 18.9. The molecule has 0 aromatic heterocycles. The lowest BCUT2D eigenvalue weighted by Gasteiger charge is -2.21. The van der Waals surface area contributed by atoms with Gasteiger partial charge < -0.3 is 5.32 Å². The molecule has 0 saturated carbocycles. The number of rotatable bonds is 11. The van der Waals surface area contributed by atoms with Gasteiger partial charge in [0.1, 0.15) is 0 Å². The van der Waals surface area contributed by atoms with Crippen molar-refractivity contribution in [3.05, 3.63) is 35.4 Å². The summed E-state index contributed by atoms with van der Waals surface area (Å²) in [7, 11) is -3.45. The summed E-state index contributed by atoms with van der Waals surface area (Å²) in [5.41, 5.74) is 1.99. The van der Waals surface area contributed by atoms with E-state index in [9.17, 15) is 13.2 Å². The Hall–Kier alpha value is -1.40. The molecule has 1 rings (SSSR count). The molecular weight excluding hydrogens is 336 g/mol. The number of benzene rings is 1. The molecule has 1 atom stereocenters. The highest BCUT2D eigenvalue weighted by Crippen LogP contribution is 2.12. The molecule has 1 amide bonds. The highest BCUT2D eigenvalue weighted by Gasteiger charge is 2.21. The Bertz CT molecular complexity index is 627. The van der Waals surface area contributed by atoms with E-state index < -0.39 is 10.0 Å². The number of amides is 1. The first-order valence-corrected chi connectivity index (χ1v) is 10.9. The van der Waals surface area contributed by atoms with Gasteiger partial charge in [0.25, 0.3) is 0 Å². The average Bonchev–Trinajstić information content (AvgIpc) is 2.55. The van der Waals surface area contributed by atoms with Gasteiger partial charge in [0.15, 0.2) is 0 Å². The Morgan fingerprint density at radius 3 is 2.36 bits per heavy atom. The first-order valence-electron chi connectivity index (χ1n) is 9.03. The molecule has 6 heteroatoms. The molecule has 0 fully saturated rings. The van der Waals surface area contributed by atoms with E-state index in [1.807, 2.05) is 31.2 Å². The molecule has 142 valence electrons. The first kappa shape index (κ1) is 21.6. The van der Waals surface area contributed by atoms with Crippen LogP contribution in [0.1, 0.15) is 50.7 Å². The maximum absolute atomic E-state index is 12.2. The second-order valence-corrected chi connectivity index (χ2v) is 8.72. The average molecular weight is 369 g/mol. The lowest BCUT2D eigenvalue weighted by molar-refractivity contribution is -0.121. The molecule has 0 saturated heterocycles. The minimum Gasteiger partial charge on any atom is -0.355 e. The Morgan fingerprint density at radius 1 is 1.20 bits per heavy atom. The van der Waals surface area contributed by atoms with Crippen LogP contribution in [0, 0.1) is 12.8 Å². The van der Waals surface area contributed by atoms with E-state index in [1.54, 1.807) is 0 Å². The Balaban J connectivity index is 2.62. The lowest BCUT2D eigenvalue weighted by Crippen LogP contribution is -2.41. The van der Waals surface area contributed by atoms with Crippen LogP contribution in [-0.4, -0.2) is 38.0 Å². The van der Waals surface area contributed by atoms with E-state index in [2.05, 4.69) is 19.2 Å². The summed E-state index contributed by atoms with van der Waals surface area (Å²) >= 11 is 0. The van der Waals surface area contributed by atoms with E-state index >= 15 is 0 Å². The molecule has 1 N–H and O–H groups in total. The molecule has 0 radical (unpaired) electrons. The molecule has 1 unspecified atom stereocenters. The van der Waals surface area contributed by atoms with Crippen LogP contribution in [0.5, 0.6) is 0 Å². The van der Waals surface area contributed by atoms with E-state index in [1.165, 1.54) is 4.31 Å². The van der Waals surface area contributed by atoms with E-state index in [4.69, 9.17) is 0 Å². The predicted molar refractivity (Wildman–Crippen MR) is 103 cm³/mol. The fourth-order valence-electron chi connectivity index (χ4n) is 2.61. The minimum absolute atomic E-state index is 0.142. The van der Waals surface area contributed by atoms with Crippen LogP contribution in [0.25, 0.3) is 0 Å². The Morgan fingerprint density at radius 2 is 1.84 bits per heavy atom. The van der Waals surface area contributed by atoms with Crippen molar-refractivity contribution < 1.29 is 13.2 Å². The van der Waals surface area contributed by atoms with Crippen molar-refractivity contribution in [1.29, 1.82) is 0 Å². The number of aryl methyl sites for hydroxylation is 1. The number of carbonyl (C=O) groups excluding carboxylic acids is 1. The van der Waals surface area contributed by atoms with Gasteiger partial charge in [-0.05, 0) is 24.8 Å². The van der Waals surface area contributed by atoms with Crippen LogP contribution in [0.15, 0.2) is 24.3 Å². The predicted octanol–water partition coefficient (Wildman–Crippen LogP) is 3.09. The van der Waals surface area contributed by atoms with Crippen LogP contribution in [0.4, 0.5) is 0 Å². The Labute approximate surface area is 152 Å². The van der Waals surface area contributed by atoms with Gasteiger partial charge >= 0.3 is 0 Å². The van der Waals surface area contributed by atoms with Crippen LogP contribution in [-0.2, 0) is 21.4 Å². The molecule has 0 bridgehead atoms. The largest absolute Gasteiger partial charge is 0.355 e. The zero-order valence-corrected chi connectivity index (χ0v) is 16.7. The fourth-order valence-corrected chi connectivity index (χ4v) is 3.34. The summed E-state index contributed by atoms with van der Waals surface area (Å²) < 4.78 is 25.3. The standard InChI is InChI=1S/C19H32N2O3S/c1-5-7-8-17(6-2)13-20-19(22)15-21(25(4,23)24)14-18-11-9-16(3)10-12-18/h9-12,17H,5-8,13-15H2,1-4H3,(H,20,22). The van der Waals surface area contributed by atoms with Crippen LogP contribution >= 0.6 is 0 Å². The van der Waals surface area contributed by atoms with Gasteiger partial charge in [0.05, 0.1) is 12.8 Å². The SMILES string of the molecule is CCCCC(CC)CNC(=O)CN(Cc1ccc(C)cc1)S(C)(=O)=O. The number of hydrogen-bond donors (Lipinski definition) is 1. The van der Waals surface area contributed by atoms with E-state index in [-0.39, 0.29) is 19.0 Å². The summed E-state index contributed by atoms with van der Waals surface area (Å²) in [6.45, 7) is 6.93. The van der Waals surface area contributed by atoms with Gasteiger partial charge in [0, 0.05) is 13.1 Å². The maximum Gasteiger partial charge on any atom is 0.235 e. The van der Waals surface area contributed by atoms with E-state index in [0.717, 1.165) is 43.1 Å². The summed E-state index contributed by atoms with van der Waals surface area (Å²) in [4.78, 5) is 12.2. The highest BCUT2D eigenvalue weighted by molar-refractivity contribution is 7.88. The number of nitrogens with one attached hydrogen (secondary N) is 1. The van der Waals surface area contributed by atoms with Crippen molar-refractivity contribution >= 4 is 15.9 Å². The molecule has 0 aliphatic heterocycles. The number of sulfonamides is 1. The van der Waals surface area contributed by atoms with Crippen molar-refractivity contribution in [3.63, 3.8) is 0 Å². The number of carbonyl (C=O) groups is 1. The van der Waals surface area contributed by atoms with Crippen molar-refractivity contribution in [2.45, 2.75) is 53.0 Å². The van der Waals surface area contributed by atoms with Crippen molar-refractivity contribution in [1.82, 2.24) is 9.62 Å². The third-order valence-corrected chi connectivity index (χ3v) is 5.60. The normalized spacial score (nSPS) is 13.0. The highest BCUT2D eigenvalue weighted by atomic mass is 32.2. The third-order valence-electron chi connectivity index (χ3n) is 4.40. The van der Waals surface area contributed by atoms with Gasteiger partial charge in [-0.3, -0.25) is 4.79 Å². The van der Waals surface area contributed by atoms with Gasteiger partial charge in [-0.25, -0.2) is 8.42 Å². The molecule has 0 aliphatic carbocycles. The number of nitrogens with zero attached hydrogens (tertiary/aromatic N) is 1. The van der Waals surface area contributed by atoms with Crippen molar-refractivity contribution in [2.24, 2.45) is 5.92 Å². The number of unbranched alkanes of at least 4 members (excludes halogenated alkanes) is 1. The zero-order valence-electron chi connectivity index (χ0n) is 15.9. The number of hydrogen-bond acceptors (Lipinski definition) is 3. The molecule has 5 nitrogen and oxygen atoms in total. The van der Waals surface area contributed by atoms with Crippen LogP contribution < -0.4 is 5.32 Å². The molecule has 0 spiro atoms. The fraction of sp³-hybridized carbons (Fsp3) is 0.632. The summed E-state index contributed by atoms with van der Waals surface area (Å²) in [5, 5.41) is 2.89. The quantitative estimate of drug-likeness (QED) is 0.653. The van der Waals surface area contributed by atoms with Gasteiger partial charge in [-0.1, -0.05) is 62.9 Å². The lowest BCUT2D eigenvalue weighted by atomic mass is 9.99. The second kappa shape index (κ2) is 10.6. The van der Waals surface area contributed by atoms with Crippen molar-refractivity contribution in [2.75, 3.05) is 19.3 Å². The minimum atomic E-state index is -3.45. The van der Waals surface area contributed by atoms with Crippen LogP contribution in [0.2, 0.25) is 0 Å². The molecule has 0 heterocycles. The van der Waals surface area contributed by atoms with Crippen LogP contribution in [0.3, 0.4) is 0 Å². The van der Waals surface area contributed by atoms with Crippen molar-refractivity contribution in [3.8, 4) is 0 Å². The third kappa shape index (κ3) is 8.50. The molecule has 0 aliphatic rings. The topological polar surface area (TPSA) is 66.5 Å². The summed E-state index contributed by atoms with van der Waals surface area (Å²) in [6.07, 6.45) is 5.54. The molecular formula is C19H32N2O3S. The Kier molecular flexibility index (Phi) is 9.14. The van der Waals surface area contributed by atoms with E-state index in [0.29, 0.717) is 12.5 Å². The molecule has 1 aromatic carbocycles. The van der Waals surface area contributed by atoms with Gasteiger partial charge in [0.2, 0.25) is 15.9 Å². The smallest absolute Gasteiger partial charge is 0.235 e. The summed E-state index contributed by atoms with van der Waals surface area (Å²) in [6, 6.07) is 7.66. The molecule has 25 heavy (non-hydrogen) atoms. The van der Waals surface area contributed by atoms with Gasteiger partial charge in [-0.2, -0.15) is 4.31 Å². The maximum atomic E-state index is 12.2. The monoisotopic (exact) mass is 368 g/mol. The second-order valence-electron chi connectivity index (χ2n) is 6.74. The van der Waals surface area contributed by atoms with Gasteiger partial charge in [-0.15, -0.1) is 0 Å². The first-order chi connectivity index (χ1) is 11.8. The summed E-state index contributed by atoms with van der Waals surface area (Å²) in [5.74, 6) is 0.208. The molecule has 1 aromatic rings.